The summed E-state index contributed by atoms with van der Waals surface area (Å²) in [5.41, 5.74) is -0.236. The molecule has 10 heteroatoms. The highest BCUT2D eigenvalue weighted by atomic mass is 35.5. The fraction of sp³-hybridized carbons (Fsp3) is 0.143. The summed E-state index contributed by atoms with van der Waals surface area (Å²) in [6.07, 6.45) is 0. The quantitative estimate of drug-likeness (QED) is 0.452. The lowest BCUT2D eigenvalue weighted by Gasteiger charge is -2.09. The number of nitro benzene ring substituents is 1. The second kappa shape index (κ2) is 7.47. The maximum atomic E-state index is 11.1. The smallest absolute Gasteiger partial charge is 0.312 e. The average Bonchev–Trinajstić information content (AvgIpc) is 2.52. The van der Waals surface area contributed by atoms with Crippen LogP contribution >= 0.6 is 11.6 Å². The Hall–Kier alpha value is -2.36. The number of halogens is 1. The average molecular weight is 373 g/mol. The summed E-state index contributed by atoms with van der Waals surface area (Å²) < 4.78 is 32.9. The molecule has 0 saturated heterocycles. The molecule has 128 valence electrons. The van der Waals surface area contributed by atoms with Crippen LogP contribution in [0.25, 0.3) is 0 Å². The number of sulfonamides is 1. The van der Waals surface area contributed by atoms with Crippen molar-refractivity contribution in [3.05, 3.63) is 57.6 Å². The van der Waals surface area contributed by atoms with E-state index in [0.717, 1.165) is 0 Å². The van der Waals surface area contributed by atoms with Crippen molar-refractivity contribution in [3.8, 4) is 11.5 Å². The summed E-state index contributed by atoms with van der Waals surface area (Å²) in [5.74, 6) is 0.495. The first-order valence-corrected chi connectivity index (χ1v) is 8.52. The van der Waals surface area contributed by atoms with Crippen LogP contribution < -0.4 is 14.6 Å². The van der Waals surface area contributed by atoms with Gasteiger partial charge in [-0.25, -0.2) is 13.6 Å². The fourth-order valence-corrected chi connectivity index (χ4v) is 2.47. The number of primary sulfonamides is 1. The van der Waals surface area contributed by atoms with E-state index < -0.39 is 14.9 Å². The van der Waals surface area contributed by atoms with Crippen LogP contribution in [-0.2, 0) is 10.0 Å². The summed E-state index contributed by atoms with van der Waals surface area (Å²) in [5, 5.41) is 16.1. The summed E-state index contributed by atoms with van der Waals surface area (Å²) in [7, 11) is -3.75. The molecule has 0 aromatic heterocycles. The minimum absolute atomic E-state index is 0.0251. The standard InChI is InChI=1S/C14H13ClN2O6S/c15-10-1-6-14(13(9-10)17(18)19)23-8-7-22-11-2-4-12(5-3-11)24(16,20)21/h1-6,9H,7-8H2,(H2,16,20,21). The second-order valence-electron chi connectivity index (χ2n) is 4.58. The Morgan fingerprint density at radius 3 is 2.29 bits per heavy atom. The van der Waals surface area contributed by atoms with Crippen molar-refractivity contribution in [2.75, 3.05) is 13.2 Å². The fourth-order valence-electron chi connectivity index (χ4n) is 1.79. The Kier molecular flexibility index (Phi) is 5.60. The highest BCUT2D eigenvalue weighted by molar-refractivity contribution is 7.89. The largest absolute Gasteiger partial charge is 0.490 e. The molecule has 2 aromatic rings. The van der Waals surface area contributed by atoms with Crippen molar-refractivity contribution in [1.29, 1.82) is 0 Å². The van der Waals surface area contributed by atoms with E-state index in [2.05, 4.69) is 0 Å². The van der Waals surface area contributed by atoms with Gasteiger partial charge < -0.3 is 9.47 Å². The Bertz CT molecular complexity index is 839. The van der Waals surface area contributed by atoms with Crippen LogP contribution in [0.3, 0.4) is 0 Å². The Balaban J connectivity index is 1.91. The van der Waals surface area contributed by atoms with Gasteiger partial charge in [-0.3, -0.25) is 10.1 Å². The van der Waals surface area contributed by atoms with E-state index in [0.29, 0.717) is 5.75 Å². The molecule has 0 aliphatic heterocycles. The van der Waals surface area contributed by atoms with E-state index in [1.807, 2.05) is 0 Å². The zero-order valence-corrected chi connectivity index (χ0v) is 13.8. The minimum Gasteiger partial charge on any atom is -0.490 e. The van der Waals surface area contributed by atoms with Crippen LogP contribution in [0, 0.1) is 10.1 Å². The molecule has 0 unspecified atom stereocenters. The Morgan fingerprint density at radius 2 is 1.71 bits per heavy atom. The topological polar surface area (TPSA) is 122 Å². The molecule has 2 rings (SSSR count). The SMILES string of the molecule is NS(=O)(=O)c1ccc(OCCOc2ccc(Cl)cc2[N+](=O)[O-])cc1. The molecule has 2 aromatic carbocycles. The van der Waals surface area contributed by atoms with E-state index in [1.54, 1.807) is 0 Å². The van der Waals surface area contributed by atoms with Crippen molar-refractivity contribution in [2.24, 2.45) is 5.14 Å². The van der Waals surface area contributed by atoms with Crippen molar-refractivity contribution in [3.63, 3.8) is 0 Å². The van der Waals surface area contributed by atoms with Crippen LogP contribution in [0.5, 0.6) is 11.5 Å². The monoisotopic (exact) mass is 372 g/mol. The van der Waals surface area contributed by atoms with Crippen LogP contribution in [0.1, 0.15) is 0 Å². The van der Waals surface area contributed by atoms with E-state index in [9.17, 15) is 18.5 Å². The van der Waals surface area contributed by atoms with Crippen molar-refractivity contribution < 1.29 is 22.8 Å². The summed E-state index contributed by atoms with van der Waals surface area (Å²) >= 11 is 5.71. The minimum atomic E-state index is -3.75. The zero-order chi connectivity index (χ0) is 17.7. The lowest BCUT2D eigenvalue weighted by Crippen LogP contribution is -2.12. The van der Waals surface area contributed by atoms with Crippen LogP contribution in [-0.4, -0.2) is 26.6 Å². The van der Waals surface area contributed by atoms with E-state index in [-0.39, 0.29) is 34.6 Å². The van der Waals surface area contributed by atoms with Crippen LogP contribution in [0.4, 0.5) is 5.69 Å². The van der Waals surface area contributed by atoms with E-state index in [4.69, 9.17) is 26.2 Å². The molecule has 0 fully saturated rings. The molecule has 0 aliphatic rings. The van der Waals surface area contributed by atoms with Gasteiger partial charge in [0.25, 0.3) is 0 Å². The highest BCUT2D eigenvalue weighted by Crippen LogP contribution is 2.29. The lowest BCUT2D eigenvalue weighted by atomic mass is 10.3. The van der Waals surface area contributed by atoms with Gasteiger partial charge in [-0.1, -0.05) is 11.6 Å². The molecule has 0 saturated carbocycles. The van der Waals surface area contributed by atoms with Gasteiger partial charge in [0.1, 0.15) is 19.0 Å². The van der Waals surface area contributed by atoms with Crippen molar-refractivity contribution in [1.82, 2.24) is 0 Å². The van der Waals surface area contributed by atoms with Crippen LogP contribution in [0.2, 0.25) is 5.02 Å². The Morgan fingerprint density at radius 1 is 1.08 bits per heavy atom. The number of ether oxygens (including phenoxy) is 2. The van der Waals surface area contributed by atoms with E-state index >= 15 is 0 Å². The molecule has 0 radical (unpaired) electrons. The number of benzene rings is 2. The number of nitrogens with two attached hydrogens (primary N) is 1. The van der Waals surface area contributed by atoms with Gasteiger partial charge in [0.05, 0.1) is 9.82 Å². The zero-order valence-electron chi connectivity index (χ0n) is 12.2. The van der Waals surface area contributed by atoms with Gasteiger partial charge in [-0.15, -0.1) is 0 Å². The molecule has 24 heavy (non-hydrogen) atoms. The number of rotatable bonds is 7. The lowest BCUT2D eigenvalue weighted by molar-refractivity contribution is -0.385. The molecule has 2 N–H and O–H groups in total. The number of nitro groups is 1. The molecule has 8 nitrogen and oxygen atoms in total. The summed E-state index contributed by atoms with van der Waals surface area (Å²) in [6.45, 7) is 0.161. The second-order valence-corrected chi connectivity index (χ2v) is 6.58. The molecular formula is C14H13ClN2O6S. The third kappa shape index (κ3) is 4.82. The molecule has 0 spiro atoms. The van der Waals surface area contributed by atoms with Gasteiger partial charge in [-0.2, -0.15) is 0 Å². The number of nitrogens with zero attached hydrogens (tertiary/aromatic N) is 1. The maximum absolute atomic E-state index is 11.1. The van der Waals surface area contributed by atoms with E-state index in [1.165, 1.54) is 42.5 Å². The van der Waals surface area contributed by atoms with Gasteiger partial charge >= 0.3 is 5.69 Å². The normalized spacial score (nSPS) is 11.1. The van der Waals surface area contributed by atoms with Gasteiger partial charge in [0.2, 0.25) is 10.0 Å². The third-order valence-electron chi connectivity index (χ3n) is 2.88. The van der Waals surface area contributed by atoms with Gasteiger partial charge in [0.15, 0.2) is 5.75 Å². The number of hydrogen-bond donors (Lipinski definition) is 1. The van der Waals surface area contributed by atoms with Crippen molar-refractivity contribution in [2.45, 2.75) is 4.90 Å². The summed E-state index contributed by atoms with van der Waals surface area (Å²) in [4.78, 5) is 10.3. The maximum Gasteiger partial charge on any atom is 0.312 e. The number of hydrogen-bond acceptors (Lipinski definition) is 6. The first-order valence-electron chi connectivity index (χ1n) is 6.60. The first kappa shape index (κ1) is 18.0. The summed E-state index contributed by atoms with van der Waals surface area (Å²) in [6, 6.07) is 9.61. The Labute approximate surface area is 143 Å². The molecule has 0 atom stereocenters. The van der Waals surface area contributed by atoms with Gasteiger partial charge in [-0.05, 0) is 36.4 Å². The first-order chi connectivity index (χ1) is 11.3. The predicted octanol–water partition coefficient (Wildman–Crippen LogP) is 2.35. The van der Waals surface area contributed by atoms with Gasteiger partial charge in [0, 0.05) is 11.1 Å². The molecule has 0 heterocycles. The molecule has 0 aliphatic carbocycles. The molecular weight excluding hydrogens is 360 g/mol. The molecule has 0 amide bonds. The molecule has 0 bridgehead atoms. The predicted molar refractivity (Wildman–Crippen MR) is 86.9 cm³/mol. The third-order valence-corrected chi connectivity index (χ3v) is 4.04. The van der Waals surface area contributed by atoms with Crippen LogP contribution in [0.15, 0.2) is 47.4 Å². The van der Waals surface area contributed by atoms with Crippen molar-refractivity contribution >= 4 is 27.3 Å². The highest BCUT2D eigenvalue weighted by Gasteiger charge is 2.15.